The Hall–Kier alpha value is -0.860. The molecule has 2 saturated carbocycles. The topological polar surface area (TPSA) is 32.3 Å². The van der Waals surface area contributed by atoms with Crippen LogP contribution in [-0.2, 0) is 0 Å². The predicted molar refractivity (Wildman–Crippen MR) is 78.2 cm³/mol. The summed E-state index contributed by atoms with van der Waals surface area (Å²) in [6.07, 6.45) is 8.31. The van der Waals surface area contributed by atoms with Gasteiger partial charge in [-0.05, 0) is 43.6 Å². The van der Waals surface area contributed by atoms with Crippen LogP contribution in [0, 0.1) is 0 Å². The first-order valence-electron chi connectivity index (χ1n) is 7.78. The number of aliphatic hydroxyl groups is 1. The maximum atomic E-state index is 10.2. The number of nitrogens with one attached hydrogen (secondary N) is 1. The van der Waals surface area contributed by atoms with Gasteiger partial charge in [0, 0.05) is 12.6 Å². The van der Waals surface area contributed by atoms with Crippen molar-refractivity contribution in [1.29, 1.82) is 0 Å². The van der Waals surface area contributed by atoms with Crippen molar-refractivity contribution in [2.45, 2.75) is 62.5 Å². The van der Waals surface area contributed by atoms with Crippen LogP contribution in [0.5, 0.6) is 0 Å². The molecule has 2 nitrogen and oxygen atoms in total. The Bertz CT molecular complexity index is 399. The minimum Gasteiger partial charge on any atom is -0.389 e. The third-order valence-electron chi connectivity index (χ3n) is 4.97. The van der Waals surface area contributed by atoms with Crippen LogP contribution in [0.2, 0.25) is 0 Å². The van der Waals surface area contributed by atoms with E-state index in [1.54, 1.807) is 0 Å². The SMILES string of the molecule is OC1(CNC2CCCCC2c2ccccc2)CCC1. The highest BCUT2D eigenvalue weighted by Crippen LogP contribution is 2.35. The molecule has 0 heterocycles. The molecule has 2 fully saturated rings. The fourth-order valence-corrected chi connectivity index (χ4v) is 3.56. The summed E-state index contributed by atoms with van der Waals surface area (Å²) in [5, 5.41) is 13.9. The second kappa shape index (κ2) is 5.64. The van der Waals surface area contributed by atoms with E-state index in [9.17, 15) is 5.11 Å². The summed E-state index contributed by atoms with van der Waals surface area (Å²) >= 11 is 0. The molecule has 3 rings (SSSR count). The Morgan fingerprint density at radius 3 is 2.47 bits per heavy atom. The van der Waals surface area contributed by atoms with Crippen molar-refractivity contribution < 1.29 is 5.11 Å². The quantitative estimate of drug-likeness (QED) is 0.870. The molecule has 0 aromatic heterocycles. The Kier molecular flexibility index (Phi) is 3.90. The van der Waals surface area contributed by atoms with Crippen molar-refractivity contribution >= 4 is 0 Å². The Morgan fingerprint density at radius 2 is 1.79 bits per heavy atom. The van der Waals surface area contributed by atoms with E-state index < -0.39 is 5.60 Å². The van der Waals surface area contributed by atoms with Crippen LogP contribution in [0.1, 0.15) is 56.4 Å². The van der Waals surface area contributed by atoms with Gasteiger partial charge >= 0.3 is 0 Å². The molecule has 19 heavy (non-hydrogen) atoms. The average Bonchev–Trinajstić information content (AvgIpc) is 2.44. The van der Waals surface area contributed by atoms with Gasteiger partial charge in [-0.15, -0.1) is 0 Å². The molecule has 104 valence electrons. The van der Waals surface area contributed by atoms with Gasteiger partial charge in [0.1, 0.15) is 0 Å². The summed E-state index contributed by atoms with van der Waals surface area (Å²) in [6.45, 7) is 0.779. The van der Waals surface area contributed by atoms with E-state index in [-0.39, 0.29) is 0 Å². The zero-order chi connectivity index (χ0) is 13.1. The lowest BCUT2D eigenvalue weighted by Crippen LogP contribution is -2.50. The lowest BCUT2D eigenvalue weighted by Gasteiger charge is -2.40. The van der Waals surface area contributed by atoms with E-state index in [2.05, 4.69) is 35.6 Å². The summed E-state index contributed by atoms with van der Waals surface area (Å²) in [5.41, 5.74) is 1.05. The highest BCUT2D eigenvalue weighted by molar-refractivity contribution is 5.22. The van der Waals surface area contributed by atoms with Gasteiger partial charge in [-0.1, -0.05) is 43.2 Å². The molecule has 0 spiro atoms. The first-order chi connectivity index (χ1) is 9.27. The zero-order valence-corrected chi connectivity index (χ0v) is 11.6. The van der Waals surface area contributed by atoms with Crippen molar-refractivity contribution in [2.24, 2.45) is 0 Å². The smallest absolute Gasteiger partial charge is 0.0771 e. The van der Waals surface area contributed by atoms with Crippen molar-refractivity contribution in [3.05, 3.63) is 35.9 Å². The van der Waals surface area contributed by atoms with Gasteiger partial charge in [0.15, 0.2) is 0 Å². The summed E-state index contributed by atoms with van der Waals surface area (Å²) in [4.78, 5) is 0. The molecule has 0 bridgehead atoms. The average molecular weight is 259 g/mol. The van der Waals surface area contributed by atoms with Gasteiger partial charge in [0.25, 0.3) is 0 Å². The molecule has 2 unspecified atom stereocenters. The summed E-state index contributed by atoms with van der Waals surface area (Å²) < 4.78 is 0. The fourth-order valence-electron chi connectivity index (χ4n) is 3.56. The molecule has 0 saturated heterocycles. The van der Waals surface area contributed by atoms with Gasteiger partial charge in [0.05, 0.1) is 5.60 Å². The van der Waals surface area contributed by atoms with Crippen molar-refractivity contribution in [3.8, 4) is 0 Å². The minimum atomic E-state index is -0.404. The molecule has 2 N–H and O–H groups in total. The Balaban J connectivity index is 1.64. The van der Waals surface area contributed by atoms with Gasteiger partial charge in [-0.2, -0.15) is 0 Å². The second-order valence-electron chi connectivity index (χ2n) is 6.37. The molecule has 2 aliphatic rings. The molecule has 2 heteroatoms. The van der Waals surface area contributed by atoms with Crippen molar-refractivity contribution in [3.63, 3.8) is 0 Å². The van der Waals surface area contributed by atoms with E-state index in [1.807, 2.05) is 0 Å². The molecule has 2 aliphatic carbocycles. The largest absolute Gasteiger partial charge is 0.389 e. The second-order valence-corrected chi connectivity index (χ2v) is 6.37. The monoisotopic (exact) mass is 259 g/mol. The minimum absolute atomic E-state index is 0.404. The highest BCUT2D eigenvalue weighted by atomic mass is 16.3. The van der Waals surface area contributed by atoms with E-state index in [0.717, 1.165) is 19.4 Å². The standard InChI is InChI=1S/C17H25NO/c19-17(11-6-12-17)13-18-16-10-5-4-9-15(16)14-7-2-1-3-8-14/h1-3,7-8,15-16,18-19H,4-6,9-13H2. The number of hydrogen-bond acceptors (Lipinski definition) is 2. The van der Waals surface area contributed by atoms with Crippen LogP contribution in [-0.4, -0.2) is 23.3 Å². The lowest BCUT2D eigenvalue weighted by atomic mass is 9.77. The lowest BCUT2D eigenvalue weighted by molar-refractivity contribution is -0.0344. The van der Waals surface area contributed by atoms with Crippen LogP contribution >= 0.6 is 0 Å². The summed E-state index contributed by atoms with van der Waals surface area (Å²) in [5.74, 6) is 0.624. The van der Waals surface area contributed by atoms with Crippen LogP contribution in [0.25, 0.3) is 0 Å². The molecular weight excluding hydrogens is 234 g/mol. The normalized spacial score (nSPS) is 29.7. The third kappa shape index (κ3) is 3.01. The van der Waals surface area contributed by atoms with Gasteiger partial charge in [-0.25, -0.2) is 0 Å². The van der Waals surface area contributed by atoms with E-state index in [1.165, 1.54) is 37.7 Å². The molecule has 1 aromatic carbocycles. The first kappa shape index (κ1) is 13.1. The van der Waals surface area contributed by atoms with Gasteiger partial charge in [-0.3, -0.25) is 0 Å². The van der Waals surface area contributed by atoms with E-state index >= 15 is 0 Å². The fraction of sp³-hybridized carbons (Fsp3) is 0.647. The Morgan fingerprint density at radius 1 is 1.05 bits per heavy atom. The van der Waals surface area contributed by atoms with Crippen LogP contribution in [0.3, 0.4) is 0 Å². The molecule has 0 amide bonds. The van der Waals surface area contributed by atoms with E-state index in [4.69, 9.17) is 0 Å². The number of benzene rings is 1. The number of rotatable bonds is 4. The maximum Gasteiger partial charge on any atom is 0.0771 e. The van der Waals surface area contributed by atoms with Crippen LogP contribution < -0.4 is 5.32 Å². The zero-order valence-electron chi connectivity index (χ0n) is 11.6. The highest BCUT2D eigenvalue weighted by Gasteiger charge is 2.36. The van der Waals surface area contributed by atoms with Gasteiger partial charge < -0.3 is 10.4 Å². The summed E-state index contributed by atoms with van der Waals surface area (Å²) in [6, 6.07) is 11.4. The molecule has 0 radical (unpaired) electrons. The molecule has 1 aromatic rings. The molecule has 0 aliphatic heterocycles. The predicted octanol–water partition coefficient (Wildman–Crippen LogP) is 3.22. The van der Waals surface area contributed by atoms with Gasteiger partial charge in [0.2, 0.25) is 0 Å². The maximum absolute atomic E-state index is 10.2. The van der Waals surface area contributed by atoms with E-state index in [0.29, 0.717) is 12.0 Å². The van der Waals surface area contributed by atoms with Crippen molar-refractivity contribution in [1.82, 2.24) is 5.32 Å². The third-order valence-corrected chi connectivity index (χ3v) is 4.97. The molecule has 2 atom stereocenters. The van der Waals surface area contributed by atoms with Crippen LogP contribution in [0.4, 0.5) is 0 Å². The summed E-state index contributed by atoms with van der Waals surface area (Å²) in [7, 11) is 0. The first-order valence-corrected chi connectivity index (χ1v) is 7.78. The molecular formula is C17H25NO. The Labute approximate surface area is 116 Å². The van der Waals surface area contributed by atoms with Crippen molar-refractivity contribution in [2.75, 3.05) is 6.54 Å². The number of hydrogen-bond donors (Lipinski definition) is 2. The van der Waals surface area contributed by atoms with Crippen LogP contribution in [0.15, 0.2) is 30.3 Å².